The fourth-order valence-corrected chi connectivity index (χ4v) is 3.28. The third-order valence-electron chi connectivity index (χ3n) is 4.43. The van der Waals surface area contributed by atoms with E-state index in [9.17, 15) is 9.59 Å². The summed E-state index contributed by atoms with van der Waals surface area (Å²) in [5, 5.41) is 3.84. The molecule has 0 saturated heterocycles. The highest BCUT2D eigenvalue weighted by Gasteiger charge is 2.27. The van der Waals surface area contributed by atoms with Gasteiger partial charge in [0.05, 0.1) is 6.42 Å². The minimum atomic E-state index is -0.609. The van der Waals surface area contributed by atoms with E-state index >= 15 is 0 Å². The number of nitrogens with one attached hydrogen (secondary N) is 1. The molecule has 0 aliphatic rings. The van der Waals surface area contributed by atoms with Gasteiger partial charge in [-0.3, -0.25) is 9.59 Å². The van der Waals surface area contributed by atoms with Crippen LogP contribution >= 0.6 is 23.2 Å². The molecule has 0 bridgehead atoms. The van der Waals surface area contributed by atoms with Crippen molar-refractivity contribution in [2.45, 2.75) is 52.7 Å². The topological polar surface area (TPSA) is 49.4 Å². The second-order valence-corrected chi connectivity index (χ2v) is 8.10. The number of halogens is 2. The first-order valence-corrected chi connectivity index (χ1v) is 10.0. The van der Waals surface area contributed by atoms with Gasteiger partial charge in [-0.2, -0.15) is 0 Å². The molecule has 2 amide bonds. The molecule has 1 N–H and O–H groups in total. The van der Waals surface area contributed by atoms with Crippen LogP contribution < -0.4 is 5.32 Å². The Balaban J connectivity index is 2.26. The Morgan fingerprint density at radius 3 is 2.25 bits per heavy atom. The minimum absolute atomic E-state index is 0.00279. The number of aryl methyl sites for hydroxylation is 1. The maximum atomic E-state index is 13.1. The van der Waals surface area contributed by atoms with Crippen molar-refractivity contribution >= 4 is 35.0 Å². The van der Waals surface area contributed by atoms with Gasteiger partial charge in [0.15, 0.2) is 0 Å². The number of hydrogen-bond donors (Lipinski definition) is 1. The zero-order valence-corrected chi connectivity index (χ0v) is 18.1. The number of carbonyl (C=O) groups is 2. The molecule has 1 atom stereocenters. The van der Waals surface area contributed by atoms with Crippen molar-refractivity contribution in [3.63, 3.8) is 0 Å². The number of carbonyl (C=O) groups excluding carboxylic acids is 2. The highest BCUT2D eigenvalue weighted by molar-refractivity contribution is 6.35. The van der Waals surface area contributed by atoms with Crippen molar-refractivity contribution < 1.29 is 9.59 Å². The quantitative estimate of drug-likeness (QED) is 0.699. The molecule has 0 aliphatic heterocycles. The molecular weight excluding hydrogens is 395 g/mol. The minimum Gasteiger partial charge on any atom is -0.352 e. The van der Waals surface area contributed by atoms with Gasteiger partial charge in [-0.15, -0.1) is 0 Å². The highest BCUT2D eigenvalue weighted by atomic mass is 35.5. The number of amides is 2. The van der Waals surface area contributed by atoms with Crippen LogP contribution in [0.4, 0.5) is 0 Å². The maximum absolute atomic E-state index is 13.1. The van der Waals surface area contributed by atoms with Crippen LogP contribution in [0.2, 0.25) is 10.0 Å². The zero-order valence-electron chi connectivity index (χ0n) is 16.6. The maximum Gasteiger partial charge on any atom is 0.242 e. The molecule has 4 nitrogen and oxygen atoms in total. The third kappa shape index (κ3) is 6.25. The molecular formula is C22H26Cl2N2O2. The smallest absolute Gasteiger partial charge is 0.242 e. The lowest BCUT2D eigenvalue weighted by Crippen LogP contribution is -2.49. The lowest BCUT2D eigenvalue weighted by atomic mass is 10.1. The molecule has 0 fully saturated rings. The van der Waals surface area contributed by atoms with E-state index in [1.54, 1.807) is 30.0 Å². The van der Waals surface area contributed by atoms with Crippen molar-refractivity contribution in [1.29, 1.82) is 0 Å². The van der Waals surface area contributed by atoms with Crippen LogP contribution in [0.5, 0.6) is 0 Å². The van der Waals surface area contributed by atoms with E-state index in [0.29, 0.717) is 22.2 Å². The Morgan fingerprint density at radius 2 is 1.68 bits per heavy atom. The number of hydrogen-bond acceptors (Lipinski definition) is 2. The SMILES string of the molecule is Cc1ccc(CN(C(=O)Cc2ccc(Cl)cc2Cl)[C@H](C)C(=O)NC(C)C)cc1. The molecule has 28 heavy (non-hydrogen) atoms. The lowest BCUT2D eigenvalue weighted by molar-refractivity contribution is -0.140. The van der Waals surface area contributed by atoms with Crippen LogP contribution in [0, 0.1) is 6.92 Å². The van der Waals surface area contributed by atoms with Crippen LogP contribution in [0.25, 0.3) is 0 Å². The van der Waals surface area contributed by atoms with Crippen molar-refractivity contribution in [2.75, 3.05) is 0 Å². The summed E-state index contributed by atoms with van der Waals surface area (Å²) in [5.41, 5.74) is 2.78. The summed E-state index contributed by atoms with van der Waals surface area (Å²) in [6.07, 6.45) is 0.0984. The van der Waals surface area contributed by atoms with Crippen LogP contribution in [0.1, 0.15) is 37.5 Å². The molecule has 150 valence electrons. The highest BCUT2D eigenvalue weighted by Crippen LogP contribution is 2.22. The zero-order chi connectivity index (χ0) is 20.8. The molecule has 6 heteroatoms. The van der Waals surface area contributed by atoms with Gasteiger partial charge in [0.25, 0.3) is 0 Å². The average Bonchev–Trinajstić information content (AvgIpc) is 2.62. The monoisotopic (exact) mass is 420 g/mol. The van der Waals surface area contributed by atoms with Gasteiger partial charge in [-0.1, -0.05) is 59.1 Å². The Hall–Kier alpha value is -2.04. The van der Waals surface area contributed by atoms with Gasteiger partial charge in [-0.05, 0) is 51.0 Å². The van der Waals surface area contributed by atoms with E-state index < -0.39 is 6.04 Å². The van der Waals surface area contributed by atoms with Crippen molar-refractivity contribution in [3.05, 3.63) is 69.2 Å². The molecule has 0 saturated carbocycles. The van der Waals surface area contributed by atoms with Gasteiger partial charge in [0, 0.05) is 22.6 Å². The molecule has 0 radical (unpaired) electrons. The second-order valence-electron chi connectivity index (χ2n) is 7.26. The molecule has 0 heterocycles. The summed E-state index contributed by atoms with van der Waals surface area (Å²) in [5.74, 6) is -0.353. The van der Waals surface area contributed by atoms with E-state index in [1.807, 2.05) is 45.0 Å². The molecule has 0 aromatic heterocycles. The fraction of sp³-hybridized carbons (Fsp3) is 0.364. The van der Waals surface area contributed by atoms with Crippen LogP contribution in [0.15, 0.2) is 42.5 Å². The summed E-state index contributed by atoms with van der Waals surface area (Å²) >= 11 is 12.2. The van der Waals surface area contributed by atoms with Crippen LogP contribution in [-0.2, 0) is 22.6 Å². The Morgan fingerprint density at radius 1 is 1.04 bits per heavy atom. The standard InChI is InChI=1S/C22H26Cl2N2O2/c1-14(2)25-22(28)16(4)26(13-17-7-5-15(3)6-8-17)21(27)11-18-9-10-19(23)12-20(18)24/h5-10,12,14,16H,11,13H2,1-4H3,(H,25,28)/t16-/m1/s1. The summed E-state index contributed by atoms with van der Waals surface area (Å²) in [4.78, 5) is 27.3. The van der Waals surface area contributed by atoms with Crippen LogP contribution in [-0.4, -0.2) is 28.8 Å². The van der Waals surface area contributed by atoms with Crippen molar-refractivity contribution in [2.24, 2.45) is 0 Å². The van der Waals surface area contributed by atoms with Gasteiger partial charge < -0.3 is 10.2 Å². The number of rotatable bonds is 7. The largest absolute Gasteiger partial charge is 0.352 e. The summed E-state index contributed by atoms with van der Waals surface area (Å²) in [7, 11) is 0. The summed E-state index contributed by atoms with van der Waals surface area (Å²) < 4.78 is 0. The van der Waals surface area contributed by atoms with Gasteiger partial charge in [0.2, 0.25) is 11.8 Å². The average molecular weight is 421 g/mol. The van der Waals surface area contributed by atoms with Gasteiger partial charge in [0.1, 0.15) is 6.04 Å². The predicted octanol–water partition coefficient (Wildman–Crippen LogP) is 4.79. The Labute approximate surface area is 176 Å². The summed E-state index contributed by atoms with van der Waals surface area (Å²) in [6, 6.07) is 12.4. The van der Waals surface area contributed by atoms with E-state index in [2.05, 4.69) is 5.32 Å². The molecule has 0 unspecified atom stereocenters. The lowest BCUT2D eigenvalue weighted by Gasteiger charge is -2.29. The van der Waals surface area contributed by atoms with Crippen LogP contribution in [0.3, 0.4) is 0 Å². The first-order chi connectivity index (χ1) is 13.2. The third-order valence-corrected chi connectivity index (χ3v) is 5.02. The van der Waals surface area contributed by atoms with E-state index in [4.69, 9.17) is 23.2 Å². The predicted molar refractivity (Wildman–Crippen MR) is 115 cm³/mol. The Kier molecular flexibility index (Phi) is 7.90. The first-order valence-electron chi connectivity index (χ1n) is 9.26. The van der Waals surface area contributed by atoms with E-state index in [0.717, 1.165) is 11.1 Å². The Bertz CT molecular complexity index is 835. The summed E-state index contributed by atoms with van der Waals surface area (Å²) in [6.45, 7) is 7.88. The second kappa shape index (κ2) is 9.94. The van der Waals surface area contributed by atoms with E-state index in [1.165, 1.54) is 0 Å². The molecule has 2 rings (SSSR count). The first kappa shape index (κ1) is 22.3. The fourth-order valence-electron chi connectivity index (χ4n) is 2.81. The van der Waals surface area contributed by atoms with Gasteiger partial charge in [-0.25, -0.2) is 0 Å². The number of nitrogens with zero attached hydrogens (tertiary/aromatic N) is 1. The van der Waals surface area contributed by atoms with Gasteiger partial charge >= 0.3 is 0 Å². The molecule has 0 aliphatic carbocycles. The normalized spacial score (nSPS) is 12.0. The number of benzene rings is 2. The molecule has 2 aromatic carbocycles. The van der Waals surface area contributed by atoms with E-state index in [-0.39, 0.29) is 24.3 Å². The van der Waals surface area contributed by atoms with Crippen molar-refractivity contribution in [1.82, 2.24) is 10.2 Å². The molecule has 0 spiro atoms. The van der Waals surface area contributed by atoms with Crippen molar-refractivity contribution in [3.8, 4) is 0 Å². The molecule has 2 aromatic rings.